The van der Waals surface area contributed by atoms with Gasteiger partial charge < -0.3 is 25.4 Å². The summed E-state index contributed by atoms with van der Waals surface area (Å²) in [5, 5.41) is 37.3. The summed E-state index contributed by atoms with van der Waals surface area (Å²) >= 11 is 0. The van der Waals surface area contributed by atoms with E-state index in [1.165, 1.54) is 12.3 Å². The number of aliphatic hydroxyl groups is 3. The topological polar surface area (TPSA) is 114 Å². The maximum atomic E-state index is 11.0. The quantitative estimate of drug-likeness (QED) is 0.534. The molecular formula is C12H13NO5. The van der Waals surface area contributed by atoms with Gasteiger partial charge in [0.25, 0.3) is 0 Å². The zero-order valence-electron chi connectivity index (χ0n) is 9.37. The van der Waals surface area contributed by atoms with E-state index in [1.807, 2.05) is 0 Å². The van der Waals surface area contributed by atoms with Crippen LogP contribution in [0.25, 0.3) is 10.9 Å². The number of aromatic carboxylic acids is 1. The zero-order valence-corrected chi connectivity index (χ0v) is 9.37. The highest BCUT2D eigenvalue weighted by Gasteiger charge is 2.19. The van der Waals surface area contributed by atoms with Crippen LogP contribution in [0.15, 0.2) is 24.4 Å². The third kappa shape index (κ3) is 2.08. The van der Waals surface area contributed by atoms with E-state index in [0.29, 0.717) is 16.5 Å². The number of carbonyl (C=O) groups is 1. The standard InChI is InChI=1S/C12H13NO5/c14-5-10(15)11(16)6-1-2-9-7(3-6)8(4-13-9)12(17)18/h1-4,10-11,13-16H,5H2,(H,17,18). The fourth-order valence-corrected chi connectivity index (χ4v) is 1.82. The minimum Gasteiger partial charge on any atom is -0.478 e. The van der Waals surface area contributed by atoms with E-state index < -0.39 is 24.8 Å². The number of carboxylic acids is 1. The lowest BCUT2D eigenvalue weighted by Gasteiger charge is -2.15. The number of carboxylic acid groups (broad SMARTS) is 1. The van der Waals surface area contributed by atoms with E-state index in [4.69, 9.17) is 10.2 Å². The van der Waals surface area contributed by atoms with E-state index in [9.17, 15) is 15.0 Å². The van der Waals surface area contributed by atoms with Crippen LogP contribution in [0.2, 0.25) is 0 Å². The molecule has 0 aliphatic carbocycles. The number of rotatable bonds is 4. The molecule has 2 unspecified atom stereocenters. The molecule has 2 atom stereocenters. The maximum Gasteiger partial charge on any atom is 0.337 e. The van der Waals surface area contributed by atoms with Crippen LogP contribution < -0.4 is 0 Å². The molecule has 0 amide bonds. The SMILES string of the molecule is O=C(O)c1c[nH]c2ccc(C(O)C(O)CO)cc12. The molecule has 6 heteroatoms. The van der Waals surface area contributed by atoms with Crippen LogP contribution in [0.1, 0.15) is 22.0 Å². The van der Waals surface area contributed by atoms with Gasteiger partial charge in [0.05, 0.1) is 12.2 Å². The zero-order chi connectivity index (χ0) is 13.3. The summed E-state index contributed by atoms with van der Waals surface area (Å²) in [5.41, 5.74) is 1.07. The van der Waals surface area contributed by atoms with Crippen molar-refractivity contribution in [1.29, 1.82) is 0 Å². The van der Waals surface area contributed by atoms with Crippen molar-refractivity contribution < 1.29 is 25.2 Å². The highest BCUT2D eigenvalue weighted by molar-refractivity contribution is 6.03. The van der Waals surface area contributed by atoms with Crippen LogP contribution in [0, 0.1) is 0 Å². The second-order valence-electron chi connectivity index (χ2n) is 4.01. The summed E-state index contributed by atoms with van der Waals surface area (Å²) in [7, 11) is 0. The van der Waals surface area contributed by atoms with Crippen molar-refractivity contribution in [2.24, 2.45) is 0 Å². The van der Waals surface area contributed by atoms with Crippen LogP contribution in [-0.4, -0.2) is 44.1 Å². The summed E-state index contributed by atoms with van der Waals surface area (Å²) in [6, 6.07) is 4.66. The van der Waals surface area contributed by atoms with Gasteiger partial charge in [-0.2, -0.15) is 0 Å². The summed E-state index contributed by atoms with van der Waals surface area (Å²) in [6.07, 6.45) is -1.18. The number of hydrogen-bond donors (Lipinski definition) is 5. The summed E-state index contributed by atoms with van der Waals surface area (Å²) in [6.45, 7) is -0.571. The second-order valence-corrected chi connectivity index (χ2v) is 4.01. The molecule has 0 aliphatic rings. The van der Waals surface area contributed by atoms with Crippen LogP contribution >= 0.6 is 0 Å². The minimum absolute atomic E-state index is 0.0949. The molecule has 1 aromatic carbocycles. The molecule has 1 heterocycles. The first-order valence-electron chi connectivity index (χ1n) is 5.36. The van der Waals surface area contributed by atoms with Crippen LogP contribution in [0.3, 0.4) is 0 Å². The third-order valence-electron chi connectivity index (χ3n) is 2.83. The van der Waals surface area contributed by atoms with Gasteiger partial charge in [0.2, 0.25) is 0 Å². The molecule has 18 heavy (non-hydrogen) atoms. The molecule has 0 spiro atoms. The Morgan fingerprint density at radius 3 is 2.67 bits per heavy atom. The van der Waals surface area contributed by atoms with Crippen molar-refractivity contribution in [3.8, 4) is 0 Å². The lowest BCUT2D eigenvalue weighted by Crippen LogP contribution is -2.21. The van der Waals surface area contributed by atoms with Gasteiger partial charge in [0.1, 0.15) is 12.2 Å². The van der Waals surface area contributed by atoms with Crippen molar-refractivity contribution in [1.82, 2.24) is 4.98 Å². The van der Waals surface area contributed by atoms with Gasteiger partial charge in [-0.1, -0.05) is 6.07 Å². The Bertz CT molecular complexity index is 577. The minimum atomic E-state index is -1.30. The van der Waals surface area contributed by atoms with Gasteiger partial charge >= 0.3 is 5.97 Å². The molecule has 2 aromatic rings. The summed E-state index contributed by atoms with van der Waals surface area (Å²) in [4.78, 5) is 13.8. The second kappa shape index (κ2) is 4.77. The first kappa shape index (κ1) is 12.6. The molecule has 0 fully saturated rings. The first-order chi connectivity index (χ1) is 8.54. The third-order valence-corrected chi connectivity index (χ3v) is 2.83. The van der Waals surface area contributed by atoms with Gasteiger partial charge in [-0.05, 0) is 17.7 Å². The van der Waals surface area contributed by atoms with Gasteiger partial charge in [-0.25, -0.2) is 4.79 Å². The van der Waals surface area contributed by atoms with Gasteiger partial charge in [0, 0.05) is 17.1 Å². The van der Waals surface area contributed by atoms with Crippen LogP contribution in [0.5, 0.6) is 0 Å². The largest absolute Gasteiger partial charge is 0.478 e. The normalized spacial score (nSPS) is 14.6. The van der Waals surface area contributed by atoms with Gasteiger partial charge in [-0.15, -0.1) is 0 Å². The highest BCUT2D eigenvalue weighted by Crippen LogP contribution is 2.24. The number of aromatic amines is 1. The lowest BCUT2D eigenvalue weighted by molar-refractivity contribution is -0.0152. The Hall–Kier alpha value is -1.89. The van der Waals surface area contributed by atoms with Crippen molar-refractivity contribution >= 4 is 16.9 Å². The molecular weight excluding hydrogens is 238 g/mol. The van der Waals surface area contributed by atoms with Crippen molar-refractivity contribution in [3.63, 3.8) is 0 Å². The van der Waals surface area contributed by atoms with Crippen LogP contribution in [0.4, 0.5) is 0 Å². The number of hydrogen-bond acceptors (Lipinski definition) is 4. The van der Waals surface area contributed by atoms with E-state index in [2.05, 4.69) is 4.98 Å². The highest BCUT2D eigenvalue weighted by atomic mass is 16.4. The Labute approximate surface area is 102 Å². The molecule has 0 bridgehead atoms. The Balaban J connectivity index is 2.48. The predicted octanol–water partition coefficient (Wildman–Crippen LogP) is 0.253. The molecule has 2 rings (SSSR count). The number of fused-ring (bicyclic) bond motifs is 1. The van der Waals surface area contributed by atoms with Crippen LogP contribution in [-0.2, 0) is 0 Å². The summed E-state index contributed by atoms with van der Waals surface area (Å²) < 4.78 is 0. The first-order valence-corrected chi connectivity index (χ1v) is 5.36. The number of nitrogens with one attached hydrogen (secondary N) is 1. The number of benzene rings is 1. The molecule has 5 N–H and O–H groups in total. The molecule has 1 aromatic heterocycles. The van der Waals surface area contributed by atoms with Crippen molar-refractivity contribution in [2.45, 2.75) is 12.2 Å². The Kier molecular flexibility index (Phi) is 3.33. The van der Waals surface area contributed by atoms with Gasteiger partial charge in [-0.3, -0.25) is 0 Å². The van der Waals surface area contributed by atoms with Crippen molar-refractivity contribution in [2.75, 3.05) is 6.61 Å². The molecule has 96 valence electrons. The predicted molar refractivity (Wildman–Crippen MR) is 63.3 cm³/mol. The lowest BCUT2D eigenvalue weighted by atomic mass is 10.0. The molecule has 0 saturated heterocycles. The fraction of sp³-hybridized carbons (Fsp3) is 0.250. The molecule has 0 saturated carbocycles. The average molecular weight is 251 g/mol. The number of H-pyrrole nitrogens is 1. The molecule has 0 aliphatic heterocycles. The average Bonchev–Trinajstić information content (AvgIpc) is 2.79. The number of aromatic nitrogens is 1. The van der Waals surface area contributed by atoms with Gasteiger partial charge in [0.15, 0.2) is 0 Å². The van der Waals surface area contributed by atoms with E-state index in [1.54, 1.807) is 12.1 Å². The Morgan fingerprint density at radius 1 is 1.33 bits per heavy atom. The van der Waals surface area contributed by atoms with E-state index in [-0.39, 0.29) is 5.56 Å². The monoisotopic (exact) mass is 251 g/mol. The fourth-order valence-electron chi connectivity index (χ4n) is 1.82. The Morgan fingerprint density at radius 2 is 2.06 bits per heavy atom. The van der Waals surface area contributed by atoms with E-state index in [0.717, 1.165) is 0 Å². The maximum absolute atomic E-state index is 11.0. The molecule has 6 nitrogen and oxygen atoms in total. The van der Waals surface area contributed by atoms with Crippen molar-refractivity contribution in [3.05, 3.63) is 35.5 Å². The summed E-state index contributed by atoms with van der Waals surface area (Å²) in [5.74, 6) is -1.07. The number of aliphatic hydroxyl groups excluding tert-OH is 3. The molecule has 0 radical (unpaired) electrons. The smallest absolute Gasteiger partial charge is 0.337 e. The van der Waals surface area contributed by atoms with E-state index >= 15 is 0 Å².